The van der Waals surface area contributed by atoms with Crippen LogP contribution >= 0.6 is 15.9 Å². The molecular weight excluding hydrogens is 268 g/mol. The van der Waals surface area contributed by atoms with E-state index >= 15 is 0 Å². The van der Waals surface area contributed by atoms with Crippen molar-refractivity contribution in [1.29, 1.82) is 0 Å². The van der Waals surface area contributed by atoms with Crippen LogP contribution in [-0.4, -0.2) is 13.2 Å². The maximum Gasteiger partial charge on any atom is 0.161 e. The molecular formula is C13H15BrO2. The molecule has 0 bridgehead atoms. The van der Waals surface area contributed by atoms with Gasteiger partial charge in [0.2, 0.25) is 0 Å². The fourth-order valence-electron chi connectivity index (χ4n) is 2.50. The van der Waals surface area contributed by atoms with Crippen LogP contribution in [0.25, 0.3) is 0 Å². The lowest BCUT2D eigenvalue weighted by Crippen LogP contribution is -1.97. The van der Waals surface area contributed by atoms with Gasteiger partial charge in [-0.05, 0) is 35.6 Å². The summed E-state index contributed by atoms with van der Waals surface area (Å²) in [5.74, 6) is 2.44. The minimum atomic E-state index is 0.467. The highest BCUT2D eigenvalue weighted by Crippen LogP contribution is 2.48. The van der Waals surface area contributed by atoms with Crippen molar-refractivity contribution in [2.45, 2.75) is 30.5 Å². The molecule has 0 saturated carbocycles. The van der Waals surface area contributed by atoms with Crippen molar-refractivity contribution in [3.8, 4) is 11.5 Å². The van der Waals surface area contributed by atoms with Gasteiger partial charge in [-0.15, -0.1) is 0 Å². The van der Waals surface area contributed by atoms with E-state index < -0.39 is 0 Å². The molecule has 0 radical (unpaired) electrons. The van der Waals surface area contributed by atoms with E-state index in [0.717, 1.165) is 37.6 Å². The Morgan fingerprint density at radius 3 is 2.44 bits per heavy atom. The smallest absolute Gasteiger partial charge is 0.161 e. The Morgan fingerprint density at radius 2 is 1.75 bits per heavy atom. The molecule has 0 N–H and O–H groups in total. The third-order valence-electron chi connectivity index (χ3n) is 3.38. The molecule has 0 saturated heterocycles. The van der Waals surface area contributed by atoms with Crippen molar-refractivity contribution in [1.82, 2.24) is 0 Å². The van der Waals surface area contributed by atoms with E-state index in [4.69, 9.17) is 9.47 Å². The minimum Gasteiger partial charge on any atom is -0.490 e. The minimum absolute atomic E-state index is 0.467. The summed E-state index contributed by atoms with van der Waals surface area (Å²) >= 11 is 3.73. The SMILES string of the molecule is CC1CC(Br)c2cc3c(cc21)OCCCO3. The molecule has 0 spiro atoms. The highest BCUT2D eigenvalue weighted by Gasteiger charge is 2.28. The lowest BCUT2D eigenvalue weighted by atomic mass is 10.0. The van der Waals surface area contributed by atoms with Gasteiger partial charge in [0, 0.05) is 11.2 Å². The van der Waals surface area contributed by atoms with Crippen molar-refractivity contribution in [3.63, 3.8) is 0 Å². The van der Waals surface area contributed by atoms with Crippen LogP contribution in [0.1, 0.15) is 41.6 Å². The third-order valence-corrected chi connectivity index (χ3v) is 4.25. The average molecular weight is 283 g/mol. The zero-order valence-electron chi connectivity index (χ0n) is 9.33. The van der Waals surface area contributed by atoms with Crippen molar-refractivity contribution >= 4 is 15.9 Å². The standard InChI is InChI=1S/C13H15BrO2/c1-8-5-11(14)10-7-13-12(6-9(8)10)15-3-2-4-16-13/h6-8,11H,2-5H2,1H3. The summed E-state index contributed by atoms with van der Waals surface area (Å²) in [6.45, 7) is 3.79. The fraction of sp³-hybridized carbons (Fsp3) is 0.538. The number of hydrogen-bond donors (Lipinski definition) is 0. The lowest BCUT2D eigenvalue weighted by molar-refractivity contribution is 0.296. The molecule has 3 rings (SSSR count). The monoisotopic (exact) mass is 282 g/mol. The van der Waals surface area contributed by atoms with Crippen LogP contribution in [0.15, 0.2) is 12.1 Å². The van der Waals surface area contributed by atoms with E-state index in [0.29, 0.717) is 10.7 Å². The van der Waals surface area contributed by atoms with Gasteiger partial charge in [0.1, 0.15) is 0 Å². The molecule has 0 fully saturated rings. The molecule has 0 amide bonds. The number of rotatable bonds is 0. The van der Waals surface area contributed by atoms with Gasteiger partial charge in [0.05, 0.1) is 13.2 Å². The van der Waals surface area contributed by atoms with E-state index in [1.807, 2.05) is 0 Å². The first kappa shape index (κ1) is 10.5. The highest BCUT2D eigenvalue weighted by molar-refractivity contribution is 9.09. The molecule has 1 aliphatic heterocycles. The fourth-order valence-corrected chi connectivity index (χ4v) is 3.46. The first-order valence-corrected chi connectivity index (χ1v) is 6.75. The second-order valence-electron chi connectivity index (χ2n) is 4.58. The Labute approximate surface area is 104 Å². The van der Waals surface area contributed by atoms with Crippen molar-refractivity contribution < 1.29 is 9.47 Å². The predicted octanol–water partition coefficient (Wildman–Crippen LogP) is 3.79. The molecule has 2 atom stereocenters. The number of alkyl halides is 1. The zero-order valence-corrected chi connectivity index (χ0v) is 10.9. The summed E-state index contributed by atoms with van der Waals surface area (Å²) in [7, 11) is 0. The maximum absolute atomic E-state index is 5.72. The van der Waals surface area contributed by atoms with Gasteiger partial charge in [0.25, 0.3) is 0 Å². The second-order valence-corrected chi connectivity index (χ2v) is 5.69. The molecule has 2 unspecified atom stereocenters. The Morgan fingerprint density at radius 1 is 1.12 bits per heavy atom. The first-order valence-electron chi connectivity index (χ1n) is 5.83. The molecule has 2 aliphatic rings. The third kappa shape index (κ3) is 1.61. The van der Waals surface area contributed by atoms with E-state index in [-0.39, 0.29) is 0 Å². The Kier molecular flexibility index (Phi) is 2.58. The molecule has 0 aromatic heterocycles. The highest BCUT2D eigenvalue weighted by atomic mass is 79.9. The van der Waals surface area contributed by atoms with Crippen LogP contribution in [-0.2, 0) is 0 Å². The Bertz CT molecular complexity index is 380. The summed E-state index contributed by atoms with van der Waals surface area (Å²) in [4.78, 5) is 0.467. The zero-order chi connectivity index (χ0) is 11.1. The van der Waals surface area contributed by atoms with E-state index in [1.165, 1.54) is 11.1 Å². The second kappa shape index (κ2) is 3.95. The number of halogens is 1. The molecule has 2 nitrogen and oxygen atoms in total. The van der Waals surface area contributed by atoms with Gasteiger partial charge < -0.3 is 9.47 Å². The molecule has 86 valence electrons. The summed E-state index contributed by atoms with van der Waals surface area (Å²) in [6, 6.07) is 4.32. The number of ether oxygens (including phenoxy) is 2. The normalized spacial score (nSPS) is 27.4. The van der Waals surface area contributed by atoms with Crippen LogP contribution in [0, 0.1) is 0 Å². The van der Waals surface area contributed by atoms with Gasteiger partial charge in [-0.1, -0.05) is 22.9 Å². The van der Waals surface area contributed by atoms with Crippen molar-refractivity contribution in [2.24, 2.45) is 0 Å². The Balaban J connectivity index is 2.08. The molecule has 1 aromatic rings. The first-order chi connectivity index (χ1) is 7.75. The summed E-state index contributed by atoms with van der Waals surface area (Å²) in [5.41, 5.74) is 2.78. The van der Waals surface area contributed by atoms with E-state index in [9.17, 15) is 0 Å². The van der Waals surface area contributed by atoms with Crippen LogP contribution in [0.3, 0.4) is 0 Å². The summed E-state index contributed by atoms with van der Waals surface area (Å²) in [6.07, 6.45) is 2.13. The quantitative estimate of drug-likeness (QED) is 0.674. The molecule has 1 aromatic carbocycles. The number of fused-ring (bicyclic) bond motifs is 2. The lowest BCUT2D eigenvalue weighted by Gasteiger charge is -2.12. The predicted molar refractivity (Wildman–Crippen MR) is 66.7 cm³/mol. The summed E-state index contributed by atoms with van der Waals surface area (Å²) < 4.78 is 11.4. The molecule has 16 heavy (non-hydrogen) atoms. The van der Waals surface area contributed by atoms with Crippen LogP contribution in [0.4, 0.5) is 0 Å². The van der Waals surface area contributed by atoms with Crippen LogP contribution < -0.4 is 9.47 Å². The van der Waals surface area contributed by atoms with Gasteiger partial charge >= 0.3 is 0 Å². The molecule has 3 heteroatoms. The topological polar surface area (TPSA) is 18.5 Å². The van der Waals surface area contributed by atoms with Gasteiger partial charge in [-0.3, -0.25) is 0 Å². The van der Waals surface area contributed by atoms with Crippen molar-refractivity contribution in [3.05, 3.63) is 23.3 Å². The van der Waals surface area contributed by atoms with Gasteiger partial charge in [-0.25, -0.2) is 0 Å². The average Bonchev–Trinajstić information content (AvgIpc) is 2.47. The van der Waals surface area contributed by atoms with E-state index in [2.05, 4.69) is 35.0 Å². The van der Waals surface area contributed by atoms with E-state index in [1.54, 1.807) is 0 Å². The van der Waals surface area contributed by atoms with Crippen LogP contribution in [0.5, 0.6) is 11.5 Å². The summed E-state index contributed by atoms with van der Waals surface area (Å²) in [5, 5.41) is 0. The number of hydrogen-bond acceptors (Lipinski definition) is 2. The Hall–Kier alpha value is -0.700. The maximum atomic E-state index is 5.72. The van der Waals surface area contributed by atoms with Gasteiger partial charge in [0.15, 0.2) is 11.5 Å². The number of benzene rings is 1. The van der Waals surface area contributed by atoms with Gasteiger partial charge in [-0.2, -0.15) is 0 Å². The molecule has 1 aliphatic carbocycles. The van der Waals surface area contributed by atoms with Crippen LogP contribution in [0.2, 0.25) is 0 Å². The largest absolute Gasteiger partial charge is 0.490 e. The molecule has 1 heterocycles. The van der Waals surface area contributed by atoms with Crippen molar-refractivity contribution in [2.75, 3.05) is 13.2 Å².